The Labute approximate surface area is 162 Å². The summed E-state index contributed by atoms with van der Waals surface area (Å²) in [5.74, 6) is 1.06. The molecule has 0 aliphatic heterocycles. The van der Waals surface area contributed by atoms with Crippen molar-refractivity contribution < 1.29 is 9.53 Å². The van der Waals surface area contributed by atoms with E-state index in [9.17, 15) is 4.79 Å². The first-order valence-corrected chi connectivity index (χ1v) is 9.59. The number of aromatic nitrogens is 3. The van der Waals surface area contributed by atoms with Crippen molar-refractivity contribution in [2.45, 2.75) is 32.8 Å². The summed E-state index contributed by atoms with van der Waals surface area (Å²) < 4.78 is 6.19. The van der Waals surface area contributed by atoms with Gasteiger partial charge in [0.25, 0.3) is 0 Å². The minimum Gasteiger partial charge on any atom is -0.488 e. The molecular formula is C23H21N3O2. The highest BCUT2D eigenvalue weighted by Crippen LogP contribution is 2.37. The van der Waals surface area contributed by atoms with E-state index in [1.54, 1.807) is 0 Å². The number of aryl methyl sites for hydroxylation is 1. The molecule has 5 heteroatoms. The Bertz CT molecular complexity index is 1190. The fourth-order valence-corrected chi connectivity index (χ4v) is 4.13. The number of rotatable bonds is 4. The average molecular weight is 371 g/mol. The maximum atomic E-state index is 12.4. The van der Waals surface area contributed by atoms with Crippen molar-refractivity contribution in [3.63, 3.8) is 0 Å². The lowest BCUT2D eigenvalue weighted by atomic mass is 9.89. The second-order valence-electron chi connectivity index (χ2n) is 7.33. The Balaban J connectivity index is 1.48. The number of Topliss-reactive ketones (excluding diaryl/α,β-unsaturated/α-hetero) is 1. The molecule has 2 N–H and O–H groups in total. The molecular weight excluding hydrogens is 350 g/mol. The molecule has 0 amide bonds. The highest BCUT2D eigenvalue weighted by atomic mass is 16.5. The smallest absolute Gasteiger partial charge is 0.164 e. The van der Waals surface area contributed by atoms with Gasteiger partial charge >= 0.3 is 0 Å². The van der Waals surface area contributed by atoms with Gasteiger partial charge in [-0.3, -0.25) is 9.89 Å². The van der Waals surface area contributed by atoms with Crippen molar-refractivity contribution in [3.8, 4) is 17.0 Å². The molecule has 0 fully saturated rings. The standard InChI is InChI=1S/C23H21N3O2/c1-14-22-18(6-4-7-20(22)27)23(25-14)17-5-2-3-8-21(17)28-13-15-9-10-19-16(11-15)12-24-26-19/h2-3,5,8-12,25H,4,6-7,13H2,1H3,(H,24,26). The molecule has 2 aromatic heterocycles. The molecule has 1 aliphatic carbocycles. The number of aromatic amines is 2. The minimum atomic E-state index is 0.244. The van der Waals surface area contributed by atoms with Gasteiger partial charge in [-0.1, -0.05) is 18.2 Å². The zero-order chi connectivity index (χ0) is 19.1. The van der Waals surface area contributed by atoms with Crippen molar-refractivity contribution in [1.82, 2.24) is 15.2 Å². The third kappa shape index (κ3) is 2.80. The summed E-state index contributed by atoms with van der Waals surface area (Å²) in [6.07, 6.45) is 4.29. The van der Waals surface area contributed by atoms with Gasteiger partial charge in [0.05, 0.1) is 17.4 Å². The molecule has 4 aromatic rings. The predicted octanol–water partition coefficient (Wildman–Crippen LogP) is 4.96. The summed E-state index contributed by atoms with van der Waals surface area (Å²) in [5, 5.41) is 8.10. The minimum absolute atomic E-state index is 0.244. The summed E-state index contributed by atoms with van der Waals surface area (Å²) in [6, 6.07) is 14.2. The zero-order valence-electron chi connectivity index (χ0n) is 15.7. The highest BCUT2D eigenvalue weighted by molar-refractivity contribution is 6.01. The van der Waals surface area contributed by atoms with Crippen LogP contribution >= 0.6 is 0 Å². The van der Waals surface area contributed by atoms with E-state index in [2.05, 4.69) is 27.3 Å². The molecule has 0 saturated heterocycles. The Morgan fingerprint density at radius 2 is 2.04 bits per heavy atom. The van der Waals surface area contributed by atoms with Gasteiger partial charge in [0, 0.05) is 28.6 Å². The number of para-hydroxylation sites is 1. The molecule has 0 unspecified atom stereocenters. The van der Waals surface area contributed by atoms with Gasteiger partial charge in [0.2, 0.25) is 0 Å². The first-order valence-electron chi connectivity index (χ1n) is 9.59. The number of ether oxygens (including phenoxy) is 1. The summed E-state index contributed by atoms with van der Waals surface area (Å²) in [5.41, 5.74) is 7.08. The molecule has 2 aromatic carbocycles. The number of carbonyl (C=O) groups excluding carboxylic acids is 1. The van der Waals surface area contributed by atoms with Crippen LogP contribution in [0.3, 0.4) is 0 Å². The summed E-state index contributed by atoms with van der Waals surface area (Å²) in [4.78, 5) is 15.8. The van der Waals surface area contributed by atoms with Crippen molar-refractivity contribution in [2.24, 2.45) is 0 Å². The third-order valence-electron chi connectivity index (χ3n) is 5.46. The lowest BCUT2D eigenvalue weighted by Gasteiger charge is -2.15. The number of hydrogen-bond acceptors (Lipinski definition) is 3. The SMILES string of the molecule is Cc1[nH]c(-c2ccccc2OCc2ccc3[nH]ncc3c2)c2c1C(=O)CCC2. The molecule has 2 heterocycles. The quantitative estimate of drug-likeness (QED) is 0.532. The van der Waals surface area contributed by atoms with Gasteiger partial charge in [-0.05, 0) is 55.2 Å². The lowest BCUT2D eigenvalue weighted by molar-refractivity contribution is 0.0972. The molecule has 1 aliphatic rings. The number of ketones is 1. The van der Waals surface area contributed by atoms with E-state index in [4.69, 9.17) is 4.74 Å². The van der Waals surface area contributed by atoms with Crippen LogP contribution in [-0.4, -0.2) is 21.0 Å². The molecule has 5 nitrogen and oxygen atoms in total. The summed E-state index contributed by atoms with van der Waals surface area (Å²) in [6.45, 7) is 2.45. The van der Waals surface area contributed by atoms with Gasteiger partial charge in [0.15, 0.2) is 5.78 Å². The lowest BCUT2D eigenvalue weighted by Crippen LogP contribution is -2.10. The van der Waals surface area contributed by atoms with E-state index in [0.717, 1.165) is 63.1 Å². The number of nitrogens with one attached hydrogen (secondary N) is 2. The van der Waals surface area contributed by atoms with Crippen LogP contribution < -0.4 is 4.74 Å². The van der Waals surface area contributed by atoms with E-state index in [-0.39, 0.29) is 5.78 Å². The van der Waals surface area contributed by atoms with Gasteiger partial charge in [-0.25, -0.2) is 0 Å². The number of carbonyl (C=O) groups is 1. The van der Waals surface area contributed by atoms with E-state index in [1.165, 1.54) is 0 Å². The Kier molecular flexibility index (Phi) is 4.01. The van der Waals surface area contributed by atoms with E-state index < -0.39 is 0 Å². The van der Waals surface area contributed by atoms with Crippen LogP contribution in [0, 0.1) is 6.92 Å². The second kappa shape index (κ2) is 6.68. The highest BCUT2D eigenvalue weighted by Gasteiger charge is 2.26. The van der Waals surface area contributed by atoms with E-state index >= 15 is 0 Å². The zero-order valence-corrected chi connectivity index (χ0v) is 15.7. The Morgan fingerprint density at radius 1 is 1.14 bits per heavy atom. The van der Waals surface area contributed by atoms with Gasteiger partial charge in [0.1, 0.15) is 12.4 Å². The monoisotopic (exact) mass is 371 g/mol. The summed E-state index contributed by atoms with van der Waals surface area (Å²) in [7, 11) is 0. The normalized spacial score (nSPS) is 13.7. The Morgan fingerprint density at radius 3 is 2.96 bits per heavy atom. The van der Waals surface area contributed by atoms with Crippen LogP contribution in [0.1, 0.15) is 40.0 Å². The predicted molar refractivity (Wildman–Crippen MR) is 109 cm³/mol. The summed E-state index contributed by atoms with van der Waals surface area (Å²) >= 11 is 0. The van der Waals surface area contributed by atoms with Gasteiger partial charge < -0.3 is 9.72 Å². The molecule has 5 rings (SSSR count). The number of hydrogen-bond donors (Lipinski definition) is 2. The van der Waals surface area contributed by atoms with Crippen molar-refractivity contribution in [3.05, 3.63) is 71.0 Å². The van der Waals surface area contributed by atoms with E-state index in [1.807, 2.05) is 43.5 Å². The van der Waals surface area contributed by atoms with Crippen LogP contribution in [0.15, 0.2) is 48.7 Å². The first kappa shape index (κ1) is 16.8. The van der Waals surface area contributed by atoms with Crippen LogP contribution in [0.4, 0.5) is 0 Å². The van der Waals surface area contributed by atoms with E-state index in [0.29, 0.717) is 13.0 Å². The Hall–Kier alpha value is -3.34. The fraction of sp³-hybridized carbons (Fsp3) is 0.217. The molecule has 28 heavy (non-hydrogen) atoms. The molecule has 0 radical (unpaired) electrons. The number of nitrogens with zero attached hydrogens (tertiary/aromatic N) is 1. The maximum absolute atomic E-state index is 12.4. The first-order chi connectivity index (χ1) is 13.7. The number of benzene rings is 2. The van der Waals surface area contributed by atoms with Gasteiger partial charge in [-0.2, -0.15) is 5.10 Å². The van der Waals surface area contributed by atoms with Crippen molar-refractivity contribution in [1.29, 1.82) is 0 Å². The number of H-pyrrole nitrogens is 2. The second-order valence-corrected chi connectivity index (χ2v) is 7.33. The van der Waals surface area contributed by atoms with Crippen molar-refractivity contribution >= 4 is 16.7 Å². The maximum Gasteiger partial charge on any atom is 0.164 e. The average Bonchev–Trinajstić information content (AvgIpc) is 3.31. The molecule has 0 atom stereocenters. The molecule has 0 bridgehead atoms. The molecule has 0 saturated carbocycles. The topological polar surface area (TPSA) is 70.8 Å². The molecule has 0 spiro atoms. The van der Waals surface area contributed by atoms with Crippen LogP contribution in [0.25, 0.3) is 22.2 Å². The van der Waals surface area contributed by atoms with Gasteiger partial charge in [-0.15, -0.1) is 0 Å². The van der Waals surface area contributed by atoms with Crippen LogP contribution in [-0.2, 0) is 13.0 Å². The largest absolute Gasteiger partial charge is 0.488 e. The fourth-order valence-electron chi connectivity index (χ4n) is 4.13. The van der Waals surface area contributed by atoms with Crippen LogP contribution in [0.2, 0.25) is 0 Å². The molecule has 140 valence electrons. The third-order valence-corrected chi connectivity index (χ3v) is 5.46. The number of fused-ring (bicyclic) bond motifs is 2. The van der Waals surface area contributed by atoms with Crippen LogP contribution in [0.5, 0.6) is 5.75 Å². The van der Waals surface area contributed by atoms with Crippen molar-refractivity contribution in [2.75, 3.05) is 0 Å².